The Kier molecular flexibility index (Phi) is 9.54. The van der Waals surface area contributed by atoms with Crippen molar-refractivity contribution in [3.63, 3.8) is 0 Å². The number of fused-ring (bicyclic) bond motifs is 1. The van der Waals surface area contributed by atoms with Gasteiger partial charge in [0.1, 0.15) is 12.4 Å². The smallest absolute Gasteiger partial charge is 0.248 e. The summed E-state index contributed by atoms with van der Waals surface area (Å²) in [7, 11) is 0. The molecule has 1 heterocycles. The summed E-state index contributed by atoms with van der Waals surface area (Å²) in [6, 6.07) is 27.1. The number of para-hydroxylation sites is 1. The van der Waals surface area contributed by atoms with Gasteiger partial charge in [0.15, 0.2) is 0 Å². The minimum absolute atomic E-state index is 0.198. The van der Waals surface area contributed by atoms with E-state index in [4.69, 9.17) is 4.74 Å². The third-order valence-electron chi connectivity index (χ3n) is 6.21. The van der Waals surface area contributed by atoms with Gasteiger partial charge in [0.2, 0.25) is 5.56 Å². The molecule has 0 unspecified atom stereocenters. The lowest BCUT2D eigenvalue weighted by Crippen LogP contribution is -2.23. The Morgan fingerprint density at radius 1 is 0.806 bits per heavy atom. The van der Waals surface area contributed by atoms with Crippen LogP contribution in [0.5, 0.6) is 5.75 Å². The quantitative estimate of drug-likeness (QED) is 0.180. The van der Waals surface area contributed by atoms with Crippen LogP contribution in [0.2, 0.25) is 0 Å². The zero-order valence-electron chi connectivity index (χ0n) is 20.6. The molecule has 1 aromatic heterocycles. The summed E-state index contributed by atoms with van der Waals surface area (Å²) in [5.74, 6) is 0.595. The third-order valence-corrected chi connectivity index (χ3v) is 6.21. The Hall–Kier alpha value is -3.61. The van der Waals surface area contributed by atoms with Crippen molar-refractivity contribution in [2.75, 3.05) is 25.0 Å². The van der Waals surface area contributed by atoms with Gasteiger partial charge in [-0.05, 0) is 54.8 Å². The van der Waals surface area contributed by atoms with Crippen molar-refractivity contribution in [3.8, 4) is 5.75 Å². The van der Waals surface area contributed by atoms with Crippen LogP contribution in [0.1, 0.15) is 42.9 Å². The minimum Gasteiger partial charge on any atom is -0.487 e. The van der Waals surface area contributed by atoms with E-state index in [1.54, 1.807) is 6.07 Å². The molecule has 6 nitrogen and oxygen atoms in total. The van der Waals surface area contributed by atoms with E-state index >= 15 is 0 Å². The number of aliphatic hydroxyl groups is 1. The number of pyridine rings is 1. The van der Waals surface area contributed by atoms with Crippen molar-refractivity contribution in [1.82, 2.24) is 10.3 Å². The maximum Gasteiger partial charge on any atom is 0.248 e. The lowest BCUT2D eigenvalue weighted by Gasteiger charge is -2.17. The van der Waals surface area contributed by atoms with E-state index in [0.29, 0.717) is 24.4 Å². The zero-order valence-corrected chi connectivity index (χ0v) is 20.6. The van der Waals surface area contributed by atoms with Gasteiger partial charge in [0.05, 0.1) is 11.6 Å². The molecule has 4 N–H and O–H groups in total. The number of H-pyrrole nitrogens is 1. The van der Waals surface area contributed by atoms with Crippen molar-refractivity contribution in [3.05, 3.63) is 106 Å². The van der Waals surface area contributed by atoms with E-state index in [1.165, 1.54) is 18.2 Å². The van der Waals surface area contributed by atoms with E-state index in [0.717, 1.165) is 48.9 Å². The molecule has 188 valence electrons. The minimum atomic E-state index is -0.684. The lowest BCUT2D eigenvalue weighted by molar-refractivity contribution is 0.176. The van der Waals surface area contributed by atoms with Gasteiger partial charge < -0.3 is 25.5 Å². The highest BCUT2D eigenvalue weighted by atomic mass is 16.5. The van der Waals surface area contributed by atoms with E-state index in [1.807, 2.05) is 60.7 Å². The second-order valence-corrected chi connectivity index (χ2v) is 8.97. The van der Waals surface area contributed by atoms with Crippen LogP contribution >= 0.6 is 0 Å². The Bertz CT molecular complexity index is 1260. The van der Waals surface area contributed by atoms with Crippen LogP contribution in [0.15, 0.2) is 89.7 Å². The molecule has 6 heteroatoms. The molecule has 0 fully saturated rings. The molecule has 0 aliphatic rings. The Morgan fingerprint density at radius 2 is 1.53 bits per heavy atom. The van der Waals surface area contributed by atoms with Gasteiger partial charge in [-0.25, -0.2) is 0 Å². The average Bonchev–Trinajstić information content (AvgIpc) is 2.91. The van der Waals surface area contributed by atoms with Crippen LogP contribution in [0.4, 0.5) is 5.69 Å². The summed E-state index contributed by atoms with van der Waals surface area (Å²) in [4.78, 5) is 14.9. The first-order chi connectivity index (χ1) is 17.7. The molecular formula is C30H35N3O3. The van der Waals surface area contributed by atoms with Gasteiger partial charge >= 0.3 is 0 Å². The topological polar surface area (TPSA) is 86.4 Å². The van der Waals surface area contributed by atoms with Crippen molar-refractivity contribution < 1.29 is 9.84 Å². The molecule has 0 amide bonds. The predicted molar refractivity (Wildman–Crippen MR) is 147 cm³/mol. The first-order valence-corrected chi connectivity index (χ1v) is 12.7. The highest BCUT2D eigenvalue weighted by Crippen LogP contribution is 2.30. The van der Waals surface area contributed by atoms with E-state index in [9.17, 15) is 9.90 Å². The molecule has 3 aromatic carbocycles. The Labute approximate surface area is 212 Å². The maximum atomic E-state index is 12.0. The number of hydrogen-bond donors (Lipinski definition) is 4. The van der Waals surface area contributed by atoms with Crippen LogP contribution in [-0.4, -0.2) is 29.7 Å². The largest absolute Gasteiger partial charge is 0.487 e. The lowest BCUT2D eigenvalue weighted by atomic mass is 10.0. The highest BCUT2D eigenvalue weighted by Gasteiger charge is 2.15. The third kappa shape index (κ3) is 7.44. The second kappa shape index (κ2) is 13.5. The zero-order chi connectivity index (χ0) is 25.0. The second-order valence-electron chi connectivity index (χ2n) is 8.97. The molecule has 0 bridgehead atoms. The standard InChI is InChI=1S/C30H35N3O3/c34-27(21-31-19-9-1-2-10-20-32-24-13-7-4-8-14-24)25-15-17-28(30-26(25)16-18-29(35)33-30)36-22-23-11-5-3-6-12-23/h3-8,11-18,27,31-32,34H,1-2,9-10,19-22H2,(H,33,35)/t27-/m0/s1. The van der Waals surface area contributed by atoms with Gasteiger partial charge in [-0.15, -0.1) is 0 Å². The molecule has 1 atom stereocenters. The number of aromatic nitrogens is 1. The SMILES string of the molecule is O=c1ccc2c([C@@H](O)CNCCCCCCNc3ccccc3)ccc(OCc3ccccc3)c2[nH]1. The van der Waals surface area contributed by atoms with Crippen LogP contribution in [0, 0.1) is 0 Å². The first kappa shape index (κ1) is 25.5. The van der Waals surface area contributed by atoms with Crippen LogP contribution in [0.25, 0.3) is 10.9 Å². The highest BCUT2D eigenvalue weighted by molar-refractivity contribution is 5.87. The van der Waals surface area contributed by atoms with Crippen LogP contribution in [-0.2, 0) is 6.61 Å². The van der Waals surface area contributed by atoms with E-state index in [-0.39, 0.29) is 5.56 Å². The summed E-state index contributed by atoms with van der Waals surface area (Å²) in [6.07, 6.45) is 3.85. The number of unbranched alkanes of at least 4 members (excludes halogenated alkanes) is 3. The van der Waals surface area contributed by atoms with E-state index < -0.39 is 6.10 Å². The van der Waals surface area contributed by atoms with Gasteiger partial charge in [-0.3, -0.25) is 4.79 Å². The van der Waals surface area contributed by atoms with Crippen molar-refractivity contribution in [2.45, 2.75) is 38.4 Å². The molecule has 4 aromatic rings. The number of nitrogens with one attached hydrogen (secondary N) is 3. The van der Waals surface area contributed by atoms with Gasteiger partial charge in [0, 0.05) is 30.2 Å². The molecule has 0 saturated carbocycles. The van der Waals surface area contributed by atoms with E-state index in [2.05, 4.69) is 27.8 Å². The summed E-state index contributed by atoms with van der Waals surface area (Å²) in [5.41, 5.74) is 3.40. The van der Waals surface area contributed by atoms with Crippen molar-refractivity contribution >= 4 is 16.6 Å². The van der Waals surface area contributed by atoms with Crippen molar-refractivity contribution in [1.29, 1.82) is 0 Å². The summed E-state index contributed by atoms with van der Waals surface area (Å²) < 4.78 is 6.00. The Morgan fingerprint density at radius 3 is 2.31 bits per heavy atom. The average molecular weight is 486 g/mol. The number of benzene rings is 3. The summed E-state index contributed by atoms with van der Waals surface area (Å²) in [6.45, 7) is 2.69. The summed E-state index contributed by atoms with van der Waals surface area (Å²) >= 11 is 0. The normalized spacial score (nSPS) is 11.9. The number of ether oxygens (including phenoxy) is 1. The predicted octanol–water partition coefficient (Wildman–Crippen LogP) is 5.40. The molecule has 36 heavy (non-hydrogen) atoms. The summed E-state index contributed by atoms with van der Waals surface area (Å²) in [5, 5.41) is 18.5. The first-order valence-electron chi connectivity index (χ1n) is 12.7. The number of rotatable bonds is 14. The van der Waals surface area contributed by atoms with Crippen molar-refractivity contribution in [2.24, 2.45) is 0 Å². The van der Waals surface area contributed by atoms with Crippen LogP contribution < -0.4 is 20.9 Å². The number of aliphatic hydroxyl groups excluding tert-OH is 1. The van der Waals surface area contributed by atoms with Gasteiger partial charge in [-0.1, -0.05) is 67.4 Å². The molecule has 4 rings (SSSR count). The number of anilines is 1. The molecule has 0 aliphatic carbocycles. The fourth-order valence-electron chi connectivity index (χ4n) is 4.26. The molecule has 0 aliphatic heterocycles. The monoisotopic (exact) mass is 485 g/mol. The van der Waals surface area contributed by atoms with Crippen LogP contribution in [0.3, 0.4) is 0 Å². The molecule has 0 saturated heterocycles. The number of aromatic amines is 1. The molecular weight excluding hydrogens is 450 g/mol. The van der Waals surface area contributed by atoms with Gasteiger partial charge in [-0.2, -0.15) is 0 Å². The molecule has 0 radical (unpaired) electrons. The number of hydrogen-bond acceptors (Lipinski definition) is 5. The van der Waals surface area contributed by atoms with Gasteiger partial charge in [0.25, 0.3) is 0 Å². The fraction of sp³-hybridized carbons (Fsp3) is 0.300. The fourth-order valence-corrected chi connectivity index (χ4v) is 4.26. The Balaban J connectivity index is 1.23. The maximum absolute atomic E-state index is 12.0. The molecule has 0 spiro atoms.